The first-order valence-electron chi connectivity index (χ1n) is 15.1. The normalized spacial score (nSPS) is 16.5. The summed E-state index contributed by atoms with van der Waals surface area (Å²) in [5.74, 6) is -0.279. The highest BCUT2D eigenvalue weighted by molar-refractivity contribution is 6.33. The fourth-order valence-corrected chi connectivity index (χ4v) is 6.40. The van der Waals surface area contributed by atoms with E-state index in [0.29, 0.717) is 36.5 Å². The molecule has 8 heteroatoms. The fraction of sp³-hybridized carbons (Fsp3) is 0.429. The van der Waals surface area contributed by atoms with Gasteiger partial charge in [-0.15, -0.1) is 0 Å². The van der Waals surface area contributed by atoms with Crippen LogP contribution in [0.2, 0.25) is 5.02 Å². The first-order chi connectivity index (χ1) is 20.7. The Morgan fingerprint density at radius 1 is 1.09 bits per heavy atom. The van der Waals surface area contributed by atoms with Crippen molar-refractivity contribution in [1.29, 1.82) is 0 Å². The van der Waals surface area contributed by atoms with E-state index in [1.54, 1.807) is 0 Å². The molecule has 43 heavy (non-hydrogen) atoms. The molecule has 0 saturated carbocycles. The number of aliphatic hydroxyl groups is 1. The largest absolute Gasteiger partial charge is 0.450 e. The van der Waals surface area contributed by atoms with E-state index in [9.17, 15) is 14.7 Å². The quantitative estimate of drug-likeness (QED) is 0.244. The smallest absolute Gasteiger partial charge is 0.406 e. The molecule has 0 aliphatic carbocycles. The van der Waals surface area contributed by atoms with Crippen molar-refractivity contribution in [3.8, 4) is 11.1 Å². The minimum atomic E-state index is -1.32. The Bertz CT molecular complexity index is 1390. The van der Waals surface area contributed by atoms with E-state index in [2.05, 4.69) is 29.3 Å². The van der Waals surface area contributed by atoms with Gasteiger partial charge in [0.25, 0.3) is 5.91 Å². The molecule has 7 nitrogen and oxygen atoms in total. The molecule has 2 N–H and O–H groups in total. The number of nitrogens with zero attached hydrogens (tertiary/aromatic N) is 2. The minimum Gasteiger partial charge on any atom is -0.450 e. The molecule has 0 spiro atoms. The van der Waals surface area contributed by atoms with Crippen LogP contribution in [0.3, 0.4) is 0 Å². The van der Waals surface area contributed by atoms with Crippen LogP contribution in [0.5, 0.6) is 0 Å². The van der Waals surface area contributed by atoms with Crippen molar-refractivity contribution in [3.05, 3.63) is 94.0 Å². The van der Waals surface area contributed by atoms with Gasteiger partial charge in [0, 0.05) is 48.7 Å². The van der Waals surface area contributed by atoms with Gasteiger partial charge >= 0.3 is 6.09 Å². The molecule has 4 rings (SSSR count). The summed E-state index contributed by atoms with van der Waals surface area (Å²) < 4.78 is 5.27. The van der Waals surface area contributed by atoms with Crippen LogP contribution in [-0.2, 0) is 23.3 Å². The first kappa shape index (κ1) is 32.5. The second-order valence-corrected chi connectivity index (χ2v) is 12.1. The Kier molecular flexibility index (Phi) is 11.2. The van der Waals surface area contributed by atoms with Crippen molar-refractivity contribution >= 4 is 23.6 Å². The number of aryl methyl sites for hydroxylation is 1. The third-order valence-corrected chi connectivity index (χ3v) is 8.64. The molecule has 0 aromatic heterocycles. The predicted octanol–water partition coefficient (Wildman–Crippen LogP) is 6.51. The zero-order chi connectivity index (χ0) is 31.0. The second-order valence-electron chi connectivity index (χ2n) is 11.7. The number of halogens is 1. The number of carbonyl (C=O) groups is 2. The molecular formula is C35H44ClN3O4. The molecule has 1 saturated heterocycles. The molecule has 0 radical (unpaired) electrons. The molecule has 0 unspecified atom stereocenters. The summed E-state index contributed by atoms with van der Waals surface area (Å²) in [4.78, 5) is 29.3. The van der Waals surface area contributed by atoms with Gasteiger partial charge < -0.3 is 25.0 Å². The van der Waals surface area contributed by atoms with Gasteiger partial charge in [0.15, 0.2) is 0 Å². The standard InChI is InChI=1S/C35H44ClN3O4/c1-5-25-10-6-11-28(22-25)32-30(13-7-14-31(32)36)35(42,19-9-21-43-34(41)37-2)29-12-8-20-39(24-29)33(40)27-17-15-26(16-18-27)23-38(3)4/h6-7,10-11,13-18,22,29,42H,5,8-9,12,19-21,23-24H2,1-4H3,(H,37,41)/t29-,35+/m1/s1. The maximum absolute atomic E-state index is 13.7. The number of nitrogens with one attached hydrogen (secondary N) is 1. The lowest BCUT2D eigenvalue weighted by molar-refractivity contribution is -0.0588. The van der Waals surface area contributed by atoms with E-state index < -0.39 is 11.7 Å². The summed E-state index contributed by atoms with van der Waals surface area (Å²) in [5.41, 5.74) is 4.13. The topological polar surface area (TPSA) is 82.1 Å². The Morgan fingerprint density at radius 3 is 2.53 bits per heavy atom. The molecule has 1 aliphatic rings. The summed E-state index contributed by atoms with van der Waals surface area (Å²) in [6.07, 6.45) is 2.69. The van der Waals surface area contributed by atoms with E-state index in [1.807, 2.05) is 73.6 Å². The lowest BCUT2D eigenvalue weighted by Crippen LogP contribution is -2.48. The van der Waals surface area contributed by atoms with Crippen molar-refractivity contribution in [1.82, 2.24) is 15.1 Å². The predicted molar refractivity (Wildman–Crippen MR) is 172 cm³/mol. The van der Waals surface area contributed by atoms with E-state index in [1.165, 1.54) is 12.6 Å². The number of likely N-dealkylation sites (tertiary alicyclic amines) is 1. The number of hydrogen-bond donors (Lipinski definition) is 2. The number of alkyl carbamates (subject to hydrolysis) is 1. The molecule has 2 atom stereocenters. The molecular weight excluding hydrogens is 562 g/mol. The molecule has 1 fully saturated rings. The Morgan fingerprint density at radius 2 is 1.84 bits per heavy atom. The molecule has 3 aromatic carbocycles. The highest BCUT2D eigenvalue weighted by Gasteiger charge is 2.43. The van der Waals surface area contributed by atoms with Gasteiger partial charge in [-0.1, -0.05) is 67.1 Å². The number of hydrogen-bond acceptors (Lipinski definition) is 5. The van der Waals surface area contributed by atoms with Gasteiger partial charge in [-0.3, -0.25) is 4.79 Å². The maximum atomic E-state index is 13.7. The van der Waals surface area contributed by atoms with Gasteiger partial charge in [0.05, 0.1) is 12.2 Å². The van der Waals surface area contributed by atoms with E-state index in [-0.39, 0.29) is 18.4 Å². The molecule has 1 heterocycles. The number of amides is 2. The van der Waals surface area contributed by atoms with E-state index >= 15 is 0 Å². The summed E-state index contributed by atoms with van der Waals surface area (Å²) in [5, 5.41) is 15.8. The molecule has 3 aromatic rings. The van der Waals surface area contributed by atoms with Gasteiger partial charge in [-0.2, -0.15) is 0 Å². The molecule has 1 aliphatic heterocycles. The Hall–Kier alpha value is -3.39. The Balaban J connectivity index is 1.67. The van der Waals surface area contributed by atoms with Gasteiger partial charge in [-0.25, -0.2) is 4.79 Å². The average molecular weight is 606 g/mol. The van der Waals surface area contributed by atoms with E-state index in [0.717, 1.165) is 48.1 Å². The minimum absolute atomic E-state index is 0.0339. The van der Waals surface area contributed by atoms with Crippen molar-refractivity contribution < 1.29 is 19.4 Å². The maximum Gasteiger partial charge on any atom is 0.406 e. The molecule has 230 valence electrons. The van der Waals surface area contributed by atoms with Crippen LogP contribution in [0.15, 0.2) is 66.7 Å². The van der Waals surface area contributed by atoms with Crippen molar-refractivity contribution in [2.45, 2.75) is 51.2 Å². The number of piperidine rings is 1. The van der Waals surface area contributed by atoms with Crippen LogP contribution in [0.4, 0.5) is 4.79 Å². The summed E-state index contributed by atoms with van der Waals surface area (Å²) in [7, 11) is 5.56. The lowest BCUT2D eigenvalue weighted by Gasteiger charge is -2.43. The van der Waals surface area contributed by atoms with Gasteiger partial charge in [0.2, 0.25) is 0 Å². The van der Waals surface area contributed by atoms with Crippen LogP contribution >= 0.6 is 11.6 Å². The summed E-state index contributed by atoms with van der Waals surface area (Å²) in [6, 6.07) is 21.7. The van der Waals surface area contributed by atoms with Crippen molar-refractivity contribution in [3.63, 3.8) is 0 Å². The number of rotatable bonds is 11. The van der Waals surface area contributed by atoms with Crippen LogP contribution in [0.1, 0.15) is 59.7 Å². The highest BCUT2D eigenvalue weighted by Crippen LogP contribution is 2.46. The van der Waals surface area contributed by atoms with Crippen LogP contribution in [0, 0.1) is 5.92 Å². The number of carbonyl (C=O) groups excluding carboxylic acids is 2. The van der Waals surface area contributed by atoms with Crippen LogP contribution in [0.25, 0.3) is 11.1 Å². The highest BCUT2D eigenvalue weighted by atomic mass is 35.5. The molecule has 0 bridgehead atoms. The van der Waals surface area contributed by atoms with Gasteiger partial charge in [-0.05, 0) is 86.7 Å². The van der Waals surface area contributed by atoms with Crippen molar-refractivity contribution in [2.24, 2.45) is 5.92 Å². The number of ether oxygens (including phenoxy) is 1. The average Bonchev–Trinajstić information content (AvgIpc) is 3.02. The van der Waals surface area contributed by atoms with Gasteiger partial charge in [0.1, 0.15) is 0 Å². The first-order valence-corrected chi connectivity index (χ1v) is 15.5. The zero-order valence-electron chi connectivity index (χ0n) is 25.7. The summed E-state index contributed by atoms with van der Waals surface area (Å²) >= 11 is 6.87. The van der Waals surface area contributed by atoms with Crippen molar-refractivity contribution in [2.75, 3.05) is 40.8 Å². The fourth-order valence-electron chi connectivity index (χ4n) is 6.11. The second kappa shape index (κ2) is 14.9. The monoisotopic (exact) mass is 605 g/mol. The summed E-state index contributed by atoms with van der Waals surface area (Å²) in [6.45, 7) is 4.12. The zero-order valence-corrected chi connectivity index (χ0v) is 26.5. The third kappa shape index (κ3) is 7.96. The Labute approximate surface area is 260 Å². The lowest BCUT2D eigenvalue weighted by atomic mass is 9.72. The van der Waals surface area contributed by atoms with Crippen LogP contribution < -0.4 is 5.32 Å². The number of benzene rings is 3. The van der Waals surface area contributed by atoms with Crippen LogP contribution in [-0.4, -0.2) is 67.7 Å². The van der Waals surface area contributed by atoms with E-state index in [4.69, 9.17) is 16.3 Å². The SMILES string of the molecule is CCc1cccc(-c2c(Cl)cccc2[C@](O)(CCCOC(=O)NC)[C@@H]2CCCN(C(=O)c3ccc(CN(C)C)cc3)C2)c1. The molecule has 2 amide bonds. The third-order valence-electron chi connectivity index (χ3n) is 8.33.